The molecule has 0 aromatic heterocycles. The minimum absolute atomic E-state index is 0.0179. The van der Waals surface area contributed by atoms with Gasteiger partial charge in [-0.15, -0.1) is 0 Å². The van der Waals surface area contributed by atoms with E-state index in [2.05, 4.69) is 5.32 Å². The fraction of sp³-hybridized carbons (Fsp3) is 0.533. The first-order valence-corrected chi connectivity index (χ1v) is 6.97. The lowest BCUT2D eigenvalue weighted by Gasteiger charge is -2.33. The Kier molecular flexibility index (Phi) is 5.41. The number of methoxy groups -OCH3 is 2. The SMILES string of the molecule is CNCC1CN(C(=O)c2cc(OC)ccc2OC)CCO1. The van der Waals surface area contributed by atoms with Gasteiger partial charge in [-0.3, -0.25) is 4.79 Å². The number of hydrogen-bond donors (Lipinski definition) is 1. The van der Waals surface area contributed by atoms with Crippen LogP contribution in [0.15, 0.2) is 18.2 Å². The van der Waals surface area contributed by atoms with Crippen molar-refractivity contribution in [2.45, 2.75) is 6.10 Å². The summed E-state index contributed by atoms with van der Waals surface area (Å²) in [5, 5.41) is 3.07. The zero-order valence-electron chi connectivity index (χ0n) is 12.7. The third-order valence-corrected chi connectivity index (χ3v) is 3.49. The van der Waals surface area contributed by atoms with Crippen LogP contribution in [0.1, 0.15) is 10.4 Å². The smallest absolute Gasteiger partial charge is 0.257 e. The van der Waals surface area contributed by atoms with Gasteiger partial charge in [0.2, 0.25) is 0 Å². The Bertz CT molecular complexity index is 491. The van der Waals surface area contributed by atoms with Crippen molar-refractivity contribution in [1.82, 2.24) is 10.2 Å². The fourth-order valence-electron chi connectivity index (χ4n) is 2.41. The maximum Gasteiger partial charge on any atom is 0.257 e. The van der Waals surface area contributed by atoms with Gasteiger partial charge in [-0.2, -0.15) is 0 Å². The number of carbonyl (C=O) groups excluding carboxylic acids is 1. The average molecular weight is 294 g/mol. The van der Waals surface area contributed by atoms with Gasteiger partial charge in [-0.25, -0.2) is 0 Å². The van der Waals surface area contributed by atoms with Crippen molar-refractivity contribution in [2.24, 2.45) is 0 Å². The third kappa shape index (κ3) is 3.65. The van der Waals surface area contributed by atoms with E-state index in [4.69, 9.17) is 14.2 Å². The summed E-state index contributed by atoms with van der Waals surface area (Å²) in [5.74, 6) is 1.13. The summed E-state index contributed by atoms with van der Waals surface area (Å²) in [6.07, 6.45) is 0.0179. The topological polar surface area (TPSA) is 60.0 Å². The number of hydrogen-bond acceptors (Lipinski definition) is 5. The normalized spacial score (nSPS) is 18.4. The highest BCUT2D eigenvalue weighted by Crippen LogP contribution is 2.25. The molecule has 6 heteroatoms. The molecule has 0 spiro atoms. The van der Waals surface area contributed by atoms with E-state index >= 15 is 0 Å². The van der Waals surface area contributed by atoms with Crippen molar-refractivity contribution in [3.8, 4) is 11.5 Å². The van der Waals surface area contributed by atoms with Crippen LogP contribution in [0.3, 0.4) is 0 Å². The van der Waals surface area contributed by atoms with E-state index in [0.717, 1.165) is 6.54 Å². The zero-order chi connectivity index (χ0) is 15.2. The van der Waals surface area contributed by atoms with Gasteiger partial charge in [0.05, 0.1) is 32.5 Å². The monoisotopic (exact) mass is 294 g/mol. The van der Waals surface area contributed by atoms with E-state index in [0.29, 0.717) is 36.8 Å². The first-order chi connectivity index (χ1) is 10.2. The molecule has 1 aliphatic rings. The van der Waals surface area contributed by atoms with E-state index in [1.807, 2.05) is 7.05 Å². The van der Waals surface area contributed by atoms with E-state index in [9.17, 15) is 4.79 Å². The molecule has 1 atom stereocenters. The summed E-state index contributed by atoms with van der Waals surface area (Å²) >= 11 is 0. The Labute approximate surface area is 125 Å². The number of carbonyl (C=O) groups is 1. The second-order valence-corrected chi connectivity index (χ2v) is 4.87. The van der Waals surface area contributed by atoms with Crippen LogP contribution >= 0.6 is 0 Å². The van der Waals surface area contributed by atoms with E-state index in [-0.39, 0.29) is 12.0 Å². The Hall–Kier alpha value is -1.79. The minimum atomic E-state index is -0.0600. The van der Waals surface area contributed by atoms with Crippen LogP contribution in [-0.2, 0) is 4.74 Å². The lowest BCUT2D eigenvalue weighted by molar-refractivity contribution is -0.0197. The minimum Gasteiger partial charge on any atom is -0.497 e. The lowest BCUT2D eigenvalue weighted by atomic mass is 10.1. The number of ether oxygens (including phenoxy) is 3. The first kappa shape index (κ1) is 15.6. The summed E-state index contributed by atoms with van der Waals surface area (Å²) in [6, 6.07) is 5.24. The fourth-order valence-corrected chi connectivity index (χ4v) is 2.41. The Balaban J connectivity index is 2.18. The maximum atomic E-state index is 12.7. The number of nitrogens with zero attached hydrogens (tertiary/aromatic N) is 1. The molecular weight excluding hydrogens is 272 g/mol. The highest BCUT2D eigenvalue weighted by Gasteiger charge is 2.26. The highest BCUT2D eigenvalue weighted by molar-refractivity contribution is 5.97. The predicted molar refractivity (Wildman–Crippen MR) is 79.1 cm³/mol. The quantitative estimate of drug-likeness (QED) is 0.869. The molecule has 0 bridgehead atoms. The van der Waals surface area contributed by atoms with E-state index in [1.54, 1.807) is 37.3 Å². The van der Waals surface area contributed by atoms with Gasteiger partial charge >= 0.3 is 0 Å². The van der Waals surface area contributed by atoms with Crippen LogP contribution in [0.4, 0.5) is 0 Å². The molecule has 1 saturated heterocycles. The van der Waals surface area contributed by atoms with Gasteiger partial charge in [-0.05, 0) is 25.2 Å². The van der Waals surface area contributed by atoms with Crippen molar-refractivity contribution < 1.29 is 19.0 Å². The molecule has 6 nitrogen and oxygen atoms in total. The van der Waals surface area contributed by atoms with Crippen molar-refractivity contribution in [3.63, 3.8) is 0 Å². The predicted octanol–water partition coefficient (Wildman–Crippen LogP) is 0.764. The maximum absolute atomic E-state index is 12.7. The molecule has 0 aliphatic carbocycles. The van der Waals surface area contributed by atoms with Crippen LogP contribution in [0.25, 0.3) is 0 Å². The molecule has 1 N–H and O–H groups in total. The molecule has 0 saturated carbocycles. The van der Waals surface area contributed by atoms with Crippen molar-refractivity contribution in [1.29, 1.82) is 0 Å². The molecule has 1 aromatic rings. The average Bonchev–Trinajstić information content (AvgIpc) is 2.54. The molecule has 0 radical (unpaired) electrons. The Morgan fingerprint density at radius 3 is 2.90 bits per heavy atom. The van der Waals surface area contributed by atoms with Gasteiger partial charge in [0.25, 0.3) is 5.91 Å². The summed E-state index contributed by atoms with van der Waals surface area (Å²) in [7, 11) is 5.00. The highest BCUT2D eigenvalue weighted by atomic mass is 16.5. The van der Waals surface area contributed by atoms with Gasteiger partial charge in [0.15, 0.2) is 0 Å². The second kappa shape index (κ2) is 7.28. The standard InChI is InChI=1S/C15H22N2O4/c1-16-9-12-10-17(6-7-21-12)15(18)13-8-11(19-2)4-5-14(13)20-3/h4-5,8,12,16H,6-7,9-10H2,1-3H3. The number of morpholine rings is 1. The van der Waals surface area contributed by atoms with Gasteiger partial charge in [-0.1, -0.05) is 0 Å². The number of benzene rings is 1. The van der Waals surface area contributed by atoms with Gasteiger partial charge in [0, 0.05) is 19.6 Å². The molecule has 1 aromatic carbocycles. The molecule has 2 rings (SSSR count). The molecule has 116 valence electrons. The summed E-state index contributed by atoms with van der Waals surface area (Å²) in [6.45, 7) is 2.42. The summed E-state index contributed by atoms with van der Waals surface area (Å²) in [5.41, 5.74) is 0.516. The molecule has 1 unspecified atom stereocenters. The third-order valence-electron chi connectivity index (χ3n) is 3.49. The Morgan fingerprint density at radius 2 is 2.24 bits per heavy atom. The van der Waals surface area contributed by atoms with Crippen LogP contribution in [0.2, 0.25) is 0 Å². The van der Waals surface area contributed by atoms with E-state index in [1.165, 1.54) is 0 Å². The van der Waals surface area contributed by atoms with Crippen LogP contribution in [-0.4, -0.2) is 64.4 Å². The van der Waals surface area contributed by atoms with Gasteiger partial charge < -0.3 is 24.4 Å². The zero-order valence-corrected chi connectivity index (χ0v) is 12.7. The largest absolute Gasteiger partial charge is 0.497 e. The number of rotatable bonds is 5. The van der Waals surface area contributed by atoms with Crippen molar-refractivity contribution >= 4 is 5.91 Å². The van der Waals surface area contributed by atoms with Crippen LogP contribution < -0.4 is 14.8 Å². The Morgan fingerprint density at radius 1 is 1.43 bits per heavy atom. The van der Waals surface area contributed by atoms with E-state index < -0.39 is 0 Å². The number of amides is 1. The molecule has 1 heterocycles. The number of nitrogens with one attached hydrogen (secondary N) is 1. The first-order valence-electron chi connectivity index (χ1n) is 6.97. The van der Waals surface area contributed by atoms with Crippen LogP contribution in [0, 0.1) is 0 Å². The van der Waals surface area contributed by atoms with Crippen molar-refractivity contribution in [3.05, 3.63) is 23.8 Å². The lowest BCUT2D eigenvalue weighted by Crippen LogP contribution is -2.48. The number of likely N-dealkylation sites (N-methyl/N-ethyl adjacent to an activating group) is 1. The molecule has 1 fully saturated rings. The van der Waals surface area contributed by atoms with Gasteiger partial charge in [0.1, 0.15) is 11.5 Å². The molecule has 21 heavy (non-hydrogen) atoms. The molecule has 1 aliphatic heterocycles. The van der Waals surface area contributed by atoms with Crippen molar-refractivity contribution in [2.75, 3.05) is 47.5 Å². The molecular formula is C15H22N2O4. The summed E-state index contributed by atoms with van der Waals surface area (Å²) < 4.78 is 16.1. The summed E-state index contributed by atoms with van der Waals surface area (Å²) in [4.78, 5) is 14.5. The van der Waals surface area contributed by atoms with Crippen LogP contribution in [0.5, 0.6) is 11.5 Å². The second-order valence-electron chi connectivity index (χ2n) is 4.87. The molecule has 1 amide bonds.